The van der Waals surface area contributed by atoms with Crippen LogP contribution < -0.4 is 10.6 Å². The minimum absolute atomic E-state index is 0.0504. The van der Waals surface area contributed by atoms with Gasteiger partial charge < -0.3 is 10.6 Å². The SMILES string of the molecule is CC.CC(C)(C)C(=O)Nc1ccccc1C1=CCNCC1. The number of nitrogens with one attached hydrogen (secondary N) is 2. The first-order chi connectivity index (χ1) is 9.98. The van der Waals surface area contributed by atoms with Crippen LogP contribution in [0.1, 0.15) is 46.6 Å². The number of carbonyl (C=O) groups is 1. The molecule has 2 rings (SSSR count). The van der Waals surface area contributed by atoms with Crippen molar-refractivity contribution in [2.45, 2.75) is 41.0 Å². The quantitative estimate of drug-likeness (QED) is 0.861. The Morgan fingerprint density at radius 2 is 1.86 bits per heavy atom. The lowest BCUT2D eigenvalue weighted by molar-refractivity contribution is -0.123. The van der Waals surface area contributed by atoms with Crippen molar-refractivity contribution in [2.75, 3.05) is 18.4 Å². The number of benzene rings is 1. The molecule has 1 aliphatic heterocycles. The third-order valence-electron chi connectivity index (χ3n) is 3.27. The summed E-state index contributed by atoms with van der Waals surface area (Å²) < 4.78 is 0. The number of hydrogen-bond acceptors (Lipinski definition) is 2. The second kappa shape index (κ2) is 7.99. The number of amides is 1. The van der Waals surface area contributed by atoms with Crippen molar-refractivity contribution in [3.63, 3.8) is 0 Å². The molecule has 0 saturated heterocycles. The first-order valence-electron chi connectivity index (χ1n) is 7.79. The highest BCUT2D eigenvalue weighted by Crippen LogP contribution is 2.28. The van der Waals surface area contributed by atoms with Crippen LogP contribution in [0.5, 0.6) is 0 Å². The molecule has 0 aromatic heterocycles. The predicted octanol–water partition coefficient (Wildman–Crippen LogP) is 4.07. The molecule has 3 nitrogen and oxygen atoms in total. The molecule has 0 unspecified atom stereocenters. The van der Waals surface area contributed by atoms with Gasteiger partial charge >= 0.3 is 0 Å². The fourth-order valence-electron chi connectivity index (χ4n) is 2.05. The van der Waals surface area contributed by atoms with E-state index < -0.39 is 0 Å². The van der Waals surface area contributed by atoms with Gasteiger partial charge in [0.2, 0.25) is 5.91 Å². The summed E-state index contributed by atoms with van der Waals surface area (Å²) in [5, 5.41) is 6.35. The highest BCUT2D eigenvalue weighted by molar-refractivity contribution is 5.97. The number of anilines is 1. The fraction of sp³-hybridized carbons (Fsp3) is 0.500. The van der Waals surface area contributed by atoms with Crippen LogP contribution in [-0.2, 0) is 4.79 Å². The van der Waals surface area contributed by atoms with Crippen molar-refractivity contribution in [2.24, 2.45) is 5.41 Å². The van der Waals surface area contributed by atoms with Gasteiger partial charge in [-0.15, -0.1) is 0 Å². The van der Waals surface area contributed by atoms with E-state index in [1.54, 1.807) is 0 Å². The molecule has 0 bridgehead atoms. The van der Waals surface area contributed by atoms with Gasteiger partial charge in [0.15, 0.2) is 0 Å². The standard InChI is InChI=1S/C16H22N2O.C2H6/c1-16(2,3)15(19)18-14-7-5-4-6-13(14)12-8-10-17-11-9-12;1-2/h4-8,17H,9-11H2,1-3H3,(H,18,19);1-2H3. The van der Waals surface area contributed by atoms with E-state index in [2.05, 4.69) is 22.8 Å². The van der Waals surface area contributed by atoms with E-state index in [4.69, 9.17) is 0 Å². The number of hydrogen-bond donors (Lipinski definition) is 2. The molecule has 116 valence electrons. The highest BCUT2D eigenvalue weighted by Gasteiger charge is 2.22. The molecule has 1 aliphatic rings. The summed E-state index contributed by atoms with van der Waals surface area (Å²) in [6, 6.07) is 8.03. The number of carbonyl (C=O) groups excluding carboxylic acids is 1. The predicted molar refractivity (Wildman–Crippen MR) is 91.3 cm³/mol. The molecule has 0 spiro atoms. The summed E-state index contributed by atoms with van der Waals surface area (Å²) in [5.74, 6) is 0.0504. The Balaban J connectivity index is 0.00000106. The van der Waals surface area contributed by atoms with E-state index >= 15 is 0 Å². The Hall–Kier alpha value is -1.61. The van der Waals surface area contributed by atoms with Crippen molar-refractivity contribution >= 4 is 17.2 Å². The zero-order valence-electron chi connectivity index (χ0n) is 13.9. The van der Waals surface area contributed by atoms with E-state index in [9.17, 15) is 4.79 Å². The fourth-order valence-corrected chi connectivity index (χ4v) is 2.05. The first-order valence-corrected chi connectivity index (χ1v) is 7.79. The van der Waals surface area contributed by atoms with Gasteiger partial charge in [0.1, 0.15) is 0 Å². The highest BCUT2D eigenvalue weighted by atomic mass is 16.2. The molecule has 0 fully saturated rings. The lowest BCUT2D eigenvalue weighted by Gasteiger charge is -2.21. The molecule has 3 heteroatoms. The van der Waals surface area contributed by atoms with E-state index in [-0.39, 0.29) is 11.3 Å². The molecule has 1 aromatic rings. The maximum atomic E-state index is 12.1. The van der Waals surface area contributed by atoms with Crippen LogP contribution in [-0.4, -0.2) is 19.0 Å². The monoisotopic (exact) mass is 288 g/mol. The minimum Gasteiger partial charge on any atom is -0.325 e. The molecule has 0 aliphatic carbocycles. The molecule has 2 N–H and O–H groups in total. The van der Waals surface area contributed by atoms with Gasteiger partial charge in [-0.25, -0.2) is 0 Å². The van der Waals surface area contributed by atoms with Gasteiger partial charge in [-0.05, 0) is 24.6 Å². The van der Waals surface area contributed by atoms with Gasteiger partial charge in [-0.2, -0.15) is 0 Å². The molecular weight excluding hydrogens is 260 g/mol. The van der Waals surface area contributed by atoms with Crippen LogP contribution >= 0.6 is 0 Å². The molecule has 1 amide bonds. The summed E-state index contributed by atoms with van der Waals surface area (Å²) in [4.78, 5) is 12.1. The summed E-state index contributed by atoms with van der Waals surface area (Å²) in [6.07, 6.45) is 3.20. The molecule has 0 atom stereocenters. The molecule has 1 aromatic carbocycles. The van der Waals surface area contributed by atoms with Crippen LogP contribution in [0.3, 0.4) is 0 Å². The third kappa shape index (κ3) is 5.01. The average Bonchev–Trinajstić information content (AvgIpc) is 2.50. The first kappa shape index (κ1) is 17.4. The van der Waals surface area contributed by atoms with Gasteiger partial charge in [0, 0.05) is 23.2 Å². The van der Waals surface area contributed by atoms with Crippen LogP contribution in [0.25, 0.3) is 5.57 Å². The number of para-hydroxylation sites is 1. The topological polar surface area (TPSA) is 41.1 Å². The molecule has 0 saturated carbocycles. The van der Waals surface area contributed by atoms with Crippen LogP contribution in [0, 0.1) is 5.41 Å². The number of rotatable bonds is 2. The van der Waals surface area contributed by atoms with Crippen molar-refractivity contribution in [3.05, 3.63) is 35.9 Å². The Kier molecular flexibility index (Phi) is 6.63. The van der Waals surface area contributed by atoms with E-state index in [0.717, 1.165) is 30.8 Å². The van der Waals surface area contributed by atoms with Gasteiger partial charge in [-0.3, -0.25) is 4.79 Å². The molecular formula is C18H28N2O. The van der Waals surface area contributed by atoms with Gasteiger partial charge in [-0.1, -0.05) is 58.9 Å². The zero-order chi connectivity index (χ0) is 15.9. The van der Waals surface area contributed by atoms with E-state index in [1.165, 1.54) is 5.57 Å². The maximum absolute atomic E-state index is 12.1. The van der Waals surface area contributed by atoms with Crippen LogP contribution in [0.15, 0.2) is 30.3 Å². The average molecular weight is 288 g/mol. The lowest BCUT2D eigenvalue weighted by atomic mass is 9.94. The Morgan fingerprint density at radius 3 is 2.43 bits per heavy atom. The summed E-state index contributed by atoms with van der Waals surface area (Å²) in [7, 11) is 0. The van der Waals surface area contributed by atoms with Crippen LogP contribution in [0.4, 0.5) is 5.69 Å². The summed E-state index contributed by atoms with van der Waals surface area (Å²) >= 11 is 0. The second-order valence-corrected chi connectivity index (χ2v) is 5.93. The maximum Gasteiger partial charge on any atom is 0.229 e. The van der Waals surface area contributed by atoms with Gasteiger partial charge in [0.25, 0.3) is 0 Å². The Bertz CT molecular complexity index is 498. The Labute approximate surface area is 128 Å². The molecule has 0 radical (unpaired) electrons. The lowest BCUT2D eigenvalue weighted by Crippen LogP contribution is -2.28. The van der Waals surface area contributed by atoms with E-state index in [1.807, 2.05) is 52.8 Å². The summed E-state index contributed by atoms with van der Waals surface area (Å²) in [5.41, 5.74) is 2.98. The van der Waals surface area contributed by atoms with Crippen molar-refractivity contribution in [1.29, 1.82) is 0 Å². The Morgan fingerprint density at radius 1 is 1.19 bits per heavy atom. The third-order valence-corrected chi connectivity index (χ3v) is 3.27. The normalized spacial score (nSPS) is 14.6. The molecule has 1 heterocycles. The van der Waals surface area contributed by atoms with Crippen molar-refractivity contribution in [1.82, 2.24) is 5.32 Å². The largest absolute Gasteiger partial charge is 0.325 e. The zero-order valence-corrected chi connectivity index (χ0v) is 13.9. The summed E-state index contributed by atoms with van der Waals surface area (Å²) in [6.45, 7) is 11.7. The van der Waals surface area contributed by atoms with E-state index in [0.29, 0.717) is 0 Å². The minimum atomic E-state index is -0.379. The second-order valence-electron chi connectivity index (χ2n) is 5.93. The molecule has 21 heavy (non-hydrogen) atoms. The van der Waals surface area contributed by atoms with Gasteiger partial charge in [0.05, 0.1) is 0 Å². The van der Waals surface area contributed by atoms with Crippen molar-refractivity contribution < 1.29 is 4.79 Å². The van der Waals surface area contributed by atoms with Crippen molar-refractivity contribution in [3.8, 4) is 0 Å². The smallest absolute Gasteiger partial charge is 0.229 e. The van der Waals surface area contributed by atoms with Crippen LogP contribution in [0.2, 0.25) is 0 Å².